The lowest BCUT2D eigenvalue weighted by molar-refractivity contribution is 0.664. The van der Waals surface area contributed by atoms with Gasteiger partial charge in [0.25, 0.3) is 0 Å². The third-order valence-corrected chi connectivity index (χ3v) is 5.08. The Morgan fingerprint density at radius 1 is 1.32 bits per heavy atom. The lowest BCUT2D eigenvalue weighted by atomic mass is 10.1. The average Bonchev–Trinajstić information content (AvgIpc) is 2.89. The van der Waals surface area contributed by atoms with Gasteiger partial charge in [-0.05, 0) is 42.7 Å². The van der Waals surface area contributed by atoms with Crippen molar-refractivity contribution >= 4 is 45.1 Å². The molecule has 0 bridgehead atoms. The fourth-order valence-corrected chi connectivity index (χ4v) is 4.11. The minimum absolute atomic E-state index is 0.550. The van der Waals surface area contributed by atoms with E-state index in [1.165, 1.54) is 24.3 Å². The molecule has 0 atom stereocenters. The summed E-state index contributed by atoms with van der Waals surface area (Å²) >= 11 is 3.71. The first kappa shape index (κ1) is 13.0. The fraction of sp³-hybridized carbons (Fsp3) is 0.538. The van der Waals surface area contributed by atoms with E-state index in [9.17, 15) is 0 Å². The monoisotopic (exact) mass is 294 g/mol. The maximum atomic E-state index is 4.62. The summed E-state index contributed by atoms with van der Waals surface area (Å²) < 4.78 is 0. The molecular weight excluding hydrogens is 276 g/mol. The predicted molar refractivity (Wildman–Crippen MR) is 85.5 cm³/mol. The normalized spacial score (nSPS) is 16.7. The molecule has 3 heterocycles. The van der Waals surface area contributed by atoms with Crippen LogP contribution in [0.15, 0.2) is 11.4 Å². The highest BCUT2D eigenvalue weighted by molar-refractivity contribution is 7.99. The van der Waals surface area contributed by atoms with Crippen molar-refractivity contribution in [2.75, 3.05) is 28.7 Å². The molecule has 2 aromatic rings. The standard InChI is InChI=1S/C13H18N4S2/c1-2-14-13-16-11(10-5-8-19-12(10)17-13)15-9-3-6-18-7-4-9/h5,8-9H,2-4,6-7H2,1H3,(H2,14,15,16,17). The summed E-state index contributed by atoms with van der Waals surface area (Å²) in [4.78, 5) is 10.2. The summed E-state index contributed by atoms with van der Waals surface area (Å²) in [6, 6.07) is 2.66. The molecule has 1 aliphatic rings. The summed E-state index contributed by atoms with van der Waals surface area (Å²) in [5.74, 6) is 4.20. The van der Waals surface area contributed by atoms with Crippen molar-refractivity contribution in [3.63, 3.8) is 0 Å². The molecule has 1 aliphatic heterocycles. The van der Waals surface area contributed by atoms with Gasteiger partial charge in [-0.1, -0.05) is 0 Å². The van der Waals surface area contributed by atoms with Crippen LogP contribution in [0, 0.1) is 0 Å². The fourth-order valence-electron chi connectivity index (χ4n) is 2.24. The largest absolute Gasteiger partial charge is 0.367 e. The number of hydrogen-bond donors (Lipinski definition) is 2. The Labute approximate surface area is 121 Å². The highest BCUT2D eigenvalue weighted by Crippen LogP contribution is 2.28. The van der Waals surface area contributed by atoms with Crippen molar-refractivity contribution in [1.29, 1.82) is 0 Å². The Hall–Kier alpha value is -1.01. The molecule has 2 N–H and O–H groups in total. The Kier molecular flexibility index (Phi) is 4.08. The third kappa shape index (κ3) is 2.95. The van der Waals surface area contributed by atoms with Gasteiger partial charge in [0.05, 0.1) is 5.39 Å². The molecule has 0 saturated carbocycles. The van der Waals surface area contributed by atoms with Gasteiger partial charge in [-0.15, -0.1) is 11.3 Å². The first-order valence-electron chi connectivity index (χ1n) is 6.70. The molecule has 102 valence electrons. The molecule has 2 aromatic heterocycles. The van der Waals surface area contributed by atoms with E-state index in [-0.39, 0.29) is 0 Å². The molecule has 0 radical (unpaired) electrons. The number of fused-ring (bicyclic) bond motifs is 1. The minimum Gasteiger partial charge on any atom is -0.367 e. The number of thiophene rings is 1. The van der Waals surface area contributed by atoms with Crippen LogP contribution in [-0.2, 0) is 0 Å². The van der Waals surface area contributed by atoms with Crippen molar-refractivity contribution in [2.24, 2.45) is 0 Å². The lowest BCUT2D eigenvalue weighted by Gasteiger charge is -2.23. The van der Waals surface area contributed by atoms with Crippen LogP contribution in [0.2, 0.25) is 0 Å². The lowest BCUT2D eigenvalue weighted by Crippen LogP contribution is -2.25. The minimum atomic E-state index is 0.550. The number of thioether (sulfide) groups is 1. The zero-order chi connectivity index (χ0) is 13.1. The van der Waals surface area contributed by atoms with E-state index in [2.05, 4.69) is 39.0 Å². The highest BCUT2D eigenvalue weighted by atomic mass is 32.2. The zero-order valence-corrected chi connectivity index (χ0v) is 12.6. The van der Waals surface area contributed by atoms with Gasteiger partial charge in [-0.25, -0.2) is 4.98 Å². The number of hydrogen-bond acceptors (Lipinski definition) is 6. The van der Waals surface area contributed by atoms with Crippen LogP contribution in [0.1, 0.15) is 19.8 Å². The maximum Gasteiger partial charge on any atom is 0.226 e. The van der Waals surface area contributed by atoms with Crippen LogP contribution in [0.5, 0.6) is 0 Å². The zero-order valence-electron chi connectivity index (χ0n) is 11.0. The van der Waals surface area contributed by atoms with Crippen molar-refractivity contribution in [2.45, 2.75) is 25.8 Å². The summed E-state index contributed by atoms with van der Waals surface area (Å²) in [6.07, 6.45) is 2.44. The number of nitrogens with zero attached hydrogens (tertiary/aromatic N) is 2. The molecule has 1 saturated heterocycles. The molecule has 6 heteroatoms. The molecule has 19 heavy (non-hydrogen) atoms. The molecule has 0 aromatic carbocycles. The van der Waals surface area contributed by atoms with Crippen molar-refractivity contribution in [3.05, 3.63) is 11.4 Å². The SMILES string of the molecule is CCNc1nc(NC2CCSCC2)c2ccsc2n1. The first-order valence-corrected chi connectivity index (χ1v) is 8.73. The third-order valence-electron chi connectivity index (χ3n) is 3.22. The molecular formula is C13H18N4S2. The van der Waals surface area contributed by atoms with Gasteiger partial charge >= 0.3 is 0 Å². The van der Waals surface area contributed by atoms with E-state index in [1.807, 2.05) is 11.8 Å². The quantitative estimate of drug-likeness (QED) is 0.904. The van der Waals surface area contributed by atoms with Gasteiger partial charge < -0.3 is 10.6 Å². The van der Waals surface area contributed by atoms with Crippen molar-refractivity contribution < 1.29 is 0 Å². The van der Waals surface area contributed by atoms with Crippen LogP contribution in [0.4, 0.5) is 11.8 Å². The number of nitrogens with one attached hydrogen (secondary N) is 2. The van der Waals surface area contributed by atoms with Gasteiger partial charge in [-0.2, -0.15) is 16.7 Å². The van der Waals surface area contributed by atoms with Crippen LogP contribution in [-0.4, -0.2) is 34.1 Å². The van der Waals surface area contributed by atoms with E-state index in [1.54, 1.807) is 11.3 Å². The predicted octanol–water partition coefficient (Wildman–Crippen LogP) is 3.43. The van der Waals surface area contributed by atoms with E-state index in [4.69, 9.17) is 0 Å². The number of aromatic nitrogens is 2. The van der Waals surface area contributed by atoms with Gasteiger partial charge in [-0.3, -0.25) is 0 Å². The van der Waals surface area contributed by atoms with Gasteiger partial charge in [0, 0.05) is 12.6 Å². The van der Waals surface area contributed by atoms with E-state index < -0.39 is 0 Å². The highest BCUT2D eigenvalue weighted by Gasteiger charge is 2.16. The molecule has 4 nitrogen and oxygen atoms in total. The Morgan fingerprint density at radius 3 is 2.95 bits per heavy atom. The summed E-state index contributed by atoms with van der Waals surface area (Å²) in [7, 11) is 0. The number of rotatable bonds is 4. The smallest absolute Gasteiger partial charge is 0.226 e. The molecule has 1 fully saturated rings. The van der Waals surface area contributed by atoms with Gasteiger partial charge in [0.15, 0.2) is 0 Å². The van der Waals surface area contributed by atoms with Crippen molar-refractivity contribution in [3.8, 4) is 0 Å². The molecule has 0 aliphatic carbocycles. The molecule has 0 spiro atoms. The maximum absolute atomic E-state index is 4.62. The first-order chi connectivity index (χ1) is 9.36. The Balaban J connectivity index is 1.88. The second-order valence-corrected chi connectivity index (χ2v) is 6.72. The van der Waals surface area contributed by atoms with Crippen LogP contribution < -0.4 is 10.6 Å². The summed E-state index contributed by atoms with van der Waals surface area (Å²) in [5, 5.41) is 10.0. The summed E-state index contributed by atoms with van der Waals surface area (Å²) in [6.45, 7) is 2.91. The van der Waals surface area contributed by atoms with E-state index >= 15 is 0 Å². The molecule has 3 rings (SSSR count). The summed E-state index contributed by atoms with van der Waals surface area (Å²) in [5.41, 5.74) is 0. The molecule has 0 amide bonds. The molecule has 0 unspecified atom stereocenters. The number of anilines is 2. The Morgan fingerprint density at radius 2 is 2.16 bits per heavy atom. The van der Waals surface area contributed by atoms with Crippen LogP contribution in [0.25, 0.3) is 10.2 Å². The second kappa shape index (κ2) is 5.96. The average molecular weight is 294 g/mol. The van der Waals surface area contributed by atoms with Gasteiger partial charge in [0.1, 0.15) is 10.6 Å². The van der Waals surface area contributed by atoms with E-state index in [0.717, 1.165) is 28.5 Å². The van der Waals surface area contributed by atoms with Crippen LogP contribution >= 0.6 is 23.1 Å². The van der Waals surface area contributed by atoms with E-state index in [0.29, 0.717) is 6.04 Å². The van der Waals surface area contributed by atoms with Crippen LogP contribution in [0.3, 0.4) is 0 Å². The second-order valence-electron chi connectivity index (χ2n) is 4.60. The van der Waals surface area contributed by atoms with Gasteiger partial charge in [0.2, 0.25) is 5.95 Å². The topological polar surface area (TPSA) is 49.8 Å². The van der Waals surface area contributed by atoms with Crippen molar-refractivity contribution in [1.82, 2.24) is 9.97 Å². The Bertz CT molecular complexity index is 549.